The van der Waals surface area contributed by atoms with Crippen molar-refractivity contribution in [2.75, 3.05) is 13.2 Å². The normalized spacial score (nSPS) is 9.76. The molecule has 0 saturated heterocycles. The van der Waals surface area contributed by atoms with Gasteiger partial charge in [-0.2, -0.15) is 0 Å². The molecule has 0 fully saturated rings. The highest BCUT2D eigenvalue weighted by molar-refractivity contribution is 5.38. The lowest BCUT2D eigenvalue weighted by Crippen LogP contribution is -2.29. The first-order chi connectivity index (χ1) is 10.2. The maximum Gasteiger partial charge on any atom is 0.265 e. The fraction of sp³-hybridized carbons (Fsp3) is 0.200. The highest BCUT2D eigenvalue weighted by Crippen LogP contribution is 2.11. The van der Waals surface area contributed by atoms with E-state index in [1.54, 1.807) is 24.3 Å². The van der Waals surface area contributed by atoms with Gasteiger partial charge in [0.05, 0.1) is 6.54 Å². The van der Waals surface area contributed by atoms with Crippen molar-refractivity contribution in [1.82, 2.24) is 9.78 Å². The zero-order valence-corrected chi connectivity index (χ0v) is 11.2. The summed E-state index contributed by atoms with van der Waals surface area (Å²) in [7, 11) is 0. The van der Waals surface area contributed by atoms with Crippen molar-refractivity contribution in [1.29, 1.82) is 0 Å². The van der Waals surface area contributed by atoms with Gasteiger partial charge in [-0.3, -0.25) is 14.7 Å². The molecule has 1 aromatic carbocycles. The molecule has 2 aromatic rings. The van der Waals surface area contributed by atoms with Crippen molar-refractivity contribution >= 4 is 0 Å². The molecule has 0 radical (unpaired) electrons. The van der Waals surface area contributed by atoms with Crippen LogP contribution in [0.3, 0.4) is 0 Å². The second-order valence-corrected chi connectivity index (χ2v) is 4.13. The van der Waals surface area contributed by atoms with Crippen molar-refractivity contribution in [3.8, 4) is 17.6 Å². The van der Waals surface area contributed by atoms with Gasteiger partial charge < -0.3 is 9.84 Å². The van der Waals surface area contributed by atoms with Crippen LogP contribution in [0.15, 0.2) is 46.0 Å². The topological polar surface area (TPSA) is 84.3 Å². The zero-order valence-electron chi connectivity index (χ0n) is 11.2. The number of aromatic amines is 1. The number of aliphatic hydroxyl groups excluding tert-OH is 1. The van der Waals surface area contributed by atoms with Gasteiger partial charge in [-0.25, -0.2) is 4.68 Å². The van der Waals surface area contributed by atoms with E-state index in [9.17, 15) is 9.59 Å². The Kier molecular flexibility index (Phi) is 4.96. The summed E-state index contributed by atoms with van der Waals surface area (Å²) in [6.07, 6.45) is 0. The Bertz CT molecular complexity index is 763. The van der Waals surface area contributed by atoms with Gasteiger partial charge in [-0.1, -0.05) is 11.8 Å². The fourth-order valence-corrected chi connectivity index (χ4v) is 1.66. The highest BCUT2D eigenvalue weighted by atomic mass is 16.5. The lowest BCUT2D eigenvalue weighted by molar-refractivity contribution is 0.287. The summed E-state index contributed by atoms with van der Waals surface area (Å²) in [4.78, 5) is 22.6. The van der Waals surface area contributed by atoms with Crippen LogP contribution in [0.5, 0.6) is 5.75 Å². The van der Waals surface area contributed by atoms with Crippen LogP contribution in [0.2, 0.25) is 0 Å². The Morgan fingerprint density at radius 1 is 1.14 bits per heavy atom. The number of ether oxygens (including phenoxy) is 1. The van der Waals surface area contributed by atoms with E-state index in [1.807, 2.05) is 0 Å². The average Bonchev–Trinajstić information content (AvgIpc) is 2.50. The second kappa shape index (κ2) is 7.12. The van der Waals surface area contributed by atoms with Gasteiger partial charge in [0.25, 0.3) is 11.1 Å². The van der Waals surface area contributed by atoms with Crippen LogP contribution in [0.25, 0.3) is 0 Å². The SMILES string of the molecule is O=c1ccc(=O)n(CCOc2ccc(C#CCO)cc2)[nH]1. The molecule has 0 unspecified atom stereocenters. The molecule has 2 rings (SSSR count). The van der Waals surface area contributed by atoms with Crippen LogP contribution >= 0.6 is 0 Å². The summed E-state index contributed by atoms with van der Waals surface area (Å²) in [5.74, 6) is 5.96. The van der Waals surface area contributed by atoms with Gasteiger partial charge in [0.2, 0.25) is 0 Å². The molecule has 0 aliphatic heterocycles. The van der Waals surface area contributed by atoms with Gasteiger partial charge >= 0.3 is 0 Å². The lowest BCUT2D eigenvalue weighted by Gasteiger charge is -2.07. The predicted octanol–water partition coefficient (Wildman–Crippen LogP) is -0.0406. The first-order valence-electron chi connectivity index (χ1n) is 6.32. The lowest BCUT2D eigenvalue weighted by atomic mass is 10.2. The summed E-state index contributed by atoms with van der Waals surface area (Å²) in [6.45, 7) is 0.324. The minimum absolute atomic E-state index is 0.178. The third kappa shape index (κ3) is 4.37. The molecule has 6 nitrogen and oxygen atoms in total. The van der Waals surface area contributed by atoms with Gasteiger partial charge in [0.1, 0.15) is 19.0 Å². The average molecular weight is 286 g/mol. The molecule has 0 aliphatic carbocycles. The smallest absolute Gasteiger partial charge is 0.265 e. The molecule has 0 saturated carbocycles. The Hall–Kier alpha value is -2.78. The summed E-state index contributed by atoms with van der Waals surface area (Å²) in [6, 6.07) is 9.44. The Labute approximate surface area is 120 Å². The molecule has 1 aromatic heterocycles. The van der Waals surface area contributed by atoms with Gasteiger partial charge in [0.15, 0.2) is 0 Å². The van der Waals surface area contributed by atoms with Gasteiger partial charge in [-0.05, 0) is 24.3 Å². The molecule has 0 aliphatic rings. The molecule has 0 spiro atoms. The molecule has 0 atom stereocenters. The molecule has 1 heterocycles. The first kappa shape index (κ1) is 14.6. The van der Waals surface area contributed by atoms with Crippen LogP contribution < -0.4 is 15.9 Å². The summed E-state index contributed by atoms with van der Waals surface area (Å²) in [5, 5.41) is 11.0. The standard InChI is InChI=1S/C15H14N2O4/c18-10-1-2-12-3-5-13(6-4-12)21-11-9-17-15(20)8-7-14(19)16-17/h3-8,18H,9-11H2,(H,16,19). The third-order valence-corrected chi connectivity index (χ3v) is 2.64. The number of aromatic nitrogens is 2. The van der Waals surface area contributed by atoms with Crippen LogP contribution in [0, 0.1) is 11.8 Å². The number of H-pyrrole nitrogens is 1. The van der Waals surface area contributed by atoms with E-state index in [2.05, 4.69) is 16.9 Å². The molecule has 108 valence electrons. The third-order valence-electron chi connectivity index (χ3n) is 2.64. The number of benzene rings is 1. The van der Waals surface area contributed by atoms with Crippen LogP contribution in [-0.4, -0.2) is 28.1 Å². The van der Waals surface area contributed by atoms with Crippen molar-refractivity contribution in [2.45, 2.75) is 6.54 Å². The Balaban J connectivity index is 1.93. The molecule has 0 bridgehead atoms. The second-order valence-electron chi connectivity index (χ2n) is 4.13. The molecule has 2 N–H and O–H groups in total. The summed E-state index contributed by atoms with van der Waals surface area (Å²) < 4.78 is 6.68. The number of nitrogens with zero attached hydrogens (tertiary/aromatic N) is 1. The fourth-order valence-electron chi connectivity index (χ4n) is 1.66. The van der Waals surface area contributed by atoms with Crippen LogP contribution in [-0.2, 0) is 6.54 Å². The minimum Gasteiger partial charge on any atom is -0.492 e. The summed E-state index contributed by atoms with van der Waals surface area (Å²) >= 11 is 0. The molecule has 6 heteroatoms. The van der Waals surface area contributed by atoms with Gasteiger partial charge in [-0.15, -0.1) is 0 Å². The number of hydrogen-bond acceptors (Lipinski definition) is 4. The Morgan fingerprint density at radius 3 is 2.62 bits per heavy atom. The van der Waals surface area contributed by atoms with Crippen LogP contribution in [0.1, 0.15) is 5.56 Å². The largest absolute Gasteiger partial charge is 0.492 e. The number of rotatable bonds is 4. The minimum atomic E-state index is -0.332. The molecule has 21 heavy (non-hydrogen) atoms. The molecular weight excluding hydrogens is 272 g/mol. The van der Waals surface area contributed by atoms with E-state index in [-0.39, 0.29) is 30.9 Å². The predicted molar refractivity (Wildman–Crippen MR) is 77.2 cm³/mol. The van der Waals surface area contributed by atoms with Crippen LogP contribution in [0.4, 0.5) is 0 Å². The van der Waals surface area contributed by atoms with E-state index in [1.165, 1.54) is 16.8 Å². The van der Waals surface area contributed by atoms with E-state index in [0.717, 1.165) is 5.56 Å². The summed E-state index contributed by atoms with van der Waals surface area (Å²) in [5.41, 5.74) is 0.161. The van der Waals surface area contributed by atoms with Crippen molar-refractivity contribution < 1.29 is 9.84 Å². The molecule has 0 amide bonds. The first-order valence-corrected chi connectivity index (χ1v) is 6.32. The van der Waals surface area contributed by atoms with Gasteiger partial charge in [0, 0.05) is 17.7 Å². The maximum absolute atomic E-state index is 11.5. The van der Waals surface area contributed by atoms with E-state index < -0.39 is 0 Å². The van der Waals surface area contributed by atoms with E-state index in [4.69, 9.17) is 9.84 Å². The van der Waals surface area contributed by atoms with Crippen molar-refractivity contribution in [2.24, 2.45) is 0 Å². The Morgan fingerprint density at radius 2 is 1.90 bits per heavy atom. The van der Waals surface area contributed by atoms with E-state index >= 15 is 0 Å². The highest BCUT2D eigenvalue weighted by Gasteiger charge is 1.98. The quantitative estimate of drug-likeness (QED) is 0.772. The van der Waals surface area contributed by atoms with E-state index in [0.29, 0.717) is 5.75 Å². The number of aliphatic hydroxyl groups is 1. The zero-order chi connectivity index (χ0) is 15.1. The van der Waals surface area contributed by atoms with Crippen molar-refractivity contribution in [3.63, 3.8) is 0 Å². The maximum atomic E-state index is 11.5. The number of hydrogen-bond donors (Lipinski definition) is 2. The number of nitrogens with one attached hydrogen (secondary N) is 1. The monoisotopic (exact) mass is 286 g/mol. The molecular formula is C15H14N2O4. The van der Waals surface area contributed by atoms with Crippen molar-refractivity contribution in [3.05, 3.63) is 62.7 Å².